The fourth-order valence-corrected chi connectivity index (χ4v) is 5.10. The third-order valence-corrected chi connectivity index (χ3v) is 7.08. The summed E-state index contributed by atoms with van der Waals surface area (Å²) in [7, 11) is 0. The predicted octanol–water partition coefficient (Wildman–Crippen LogP) is 5.53. The van der Waals surface area contributed by atoms with E-state index < -0.39 is 0 Å². The predicted molar refractivity (Wildman–Crippen MR) is 140 cm³/mol. The zero-order chi connectivity index (χ0) is 24.3. The Labute approximate surface area is 211 Å². The largest absolute Gasteiger partial charge is 0.489 e. The van der Waals surface area contributed by atoms with E-state index in [9.17, 15) is 0 Å². The minimum Gasteiger partial charge on any atom is -0.489 e. The summed E-state index contributed by atoms with van der Waals surface area (Å²) in [5, 5.41) is 14.9. The van der Waals surface area contributed by atoms with Crippen molar-refractivity contribution in [3.8, 4) is 27.7 Å². The molecule has 8 nitrogen and oxygen atoms in total. The Kier molecular flexibility index (Phi) is 5.96. The van der Waals surface area contributed by atoms with Crippen LogP contribution in [0.3, 0.4) is 0 Å². The van der Waals surface area contributed by atoms with Gasteiger partial charge in [0.25, 0.3) is 0 Å². The van der Waals surface area contributed by atoms with Gasteiger partial charge in [-0.2, -0.15) is 0 Å². The normalized spacial score (nSPS) is 11.2. The van der Waals surface area contributed by atoms with Crippen molar-refractivity contribution in [2.45, 2.75) is 26.5 Å². The second kappa shape index (κ2) is 9.71. The van der Waals surface area contributed by atoms with E-state index >= 15 is 0 Å². The molecule has 0 aliphatic carbocycles. The standard InChI is InChI=1S/C27H23N7OS/c1-2-23-28-25-27(36-26(29-25)21-6-4-3-5-7-21)34(23)16-18-10-14-22(15-11-18)35-17-19-8-12-20(13-9-19)24-30-32-33-31-24/h3-15H,2,16-17H2,1H3,(H,30,31,32,33). The SMILES string of the molecule is CCc1nc2nc(-c3ccccc3)sc2n1Cc1ccc(OCc2ccc(-c3nnn[nH]3)cc2)cc1. The second-order valence-corrected chi connectivity index (χ2v) is 9.34. The Morgan fingerprint density at radius 3 is 2.36 bits per heavy atom. The Hall–Kier alpha value is -4.37. The van der Waals surface area contributed by atoms with Crippen LogP contribution in [0, 0.1) is 0 Å². The quantitative estimate of drug-likeness (QED) is 0.300. The Bertz CT molecular complexity index is 1570. The molecule has 6 aromatic rings. The van der Waals surface area contributed by atoms with Gasteiger partial charge in [-0.25, -0.2) is 15.1 Å². The number of nitrogens with zero attached hydrogens (tertiary/aromatic N) is 6. The van der Waals surface area contributed by atoms with Gasteiger partial charge in [-0.1, -0.05) is 85.0 Å². The third kappa shape index (κ3) is 4.48. The highest BCUT2D eigenvalue weighted by Gasteiger charge is 2.16. The molecule has 0 bridgehead atoms. The molecule has 0 unspecified atom stereocenters. The molecular weight excluding hydrogens is 470 g/mol. The summed E-state index contributed by atoms with van der Waals surface area (Å²) in [5.41, 5.74) is 5.14. The van der Waals surface area contributed by atoms with Crippen molar-refractivity contribution < 1.29 is 4.74 Å². The summed E-state index contributed by atoms with van der Waals surface area (Å²) in [6.45, 7) is 3.36. The first-order chi connectivity index (χ1) is 17.8. The number of tetrazole rings is 1. The highest BCUT2D eigenvalue weighted by molar-refractivity contribution is 7.21. The number of aromatic nitrogens is 7. The molecule has 0 aliphatic rings. The van der Waals surface area contributed by atoms with Crippen LogP contribution in [-0.4, -0.2) is 35.2 Å². The number of benzene rings is 3. The smallest absolute Gasteiger partial charge is 0.190 e. The van der Waals surface area contributed by atoms with Gasteiger partial charge < -0.3 is 9.30 Å². The molecule has 0 radical (unpaired) electrons. The van der Waals surface area contributed by atoms with Gasteiger partial charge in [0.1, 0.15) is 28.0 Å². The number of imidazole rings is 1. The summed E-state index contributed by atoms with van der Waals surface area (Å²) < 4.78 is 8.28. The first-order valence-corrected chi connectivity index (χ1v) is 12.5. The summed E-state index contributed by atoms with van der Waals surface area (Å²) in [5.74, 6) is 2.53. The van der Waals surface area contributed by atoms with E-state index in [4.69, 9.17) is 14.7 Å². The average molecular weight is 494 g/mol. The van der Waals surface area contributed by atoms with Crippen molar-refractivity contribution in [1.82, 2.24) is 35.2 Å². The number of rotatable bonds is 8. The van der Waals surface area contributed by atoms with E-state index in [1.165, 1.54) is 5.56 Å². The Balaban J connectivity index is 1.15. The van der Waals surface area contributed by atoms with Gasteiger partial charge in [-0.15, -0.1) is 5.10 Å². The number of ether oxygens (including phenoxy) is 1. The second-order valence-electron chi connectivity index (χ2n) is 8.36. The number of thiazole rings is 1. The van der Waals surface area contributed by atoms with Crippen LogP contribution in [0.1, 0.15) is 23.9 Å². The number of hydrogen-bond acceptors (Lipinski definition) is 7. The van der Waals surface area contributed by atoms with Crippen molar-refractivity contribution >= 4 is 21.8 Å². The lowest BCUT2D eigenvalue weighted by Gasteiger charge is -2.10. The number of hydrogen-bond donors (Lipinski definition) is 1. The van der Waals surface area contributed by atoms with E-state index in [1.54, 1.807) is 11.3 Å². The lowest BCUT2D eigenvalue weighted by Crippen LogP contribution is -2.04. The molecule has 36 heavy (non-hydrogen) atoms. The molecule has 0 saturated heterocycles. The van der Waals surface area contributed by atoms with E-state index in [0.29, 0.717) is 12.4 Å². The molecule has 178 valence electrons. The number of aromatic amines is 1. The van der Waals surface area contributed by atoms with Crippen LogP contribution in [0.25, 0.3) is 32.4 Å². The third-order valence-electron chi connectivity index (χ3n) is 5.96. The molecule has 0 saturated carbocycles. The summed E-state index contributed by atoms with van der Waals surface area (Å²) in [6.07, 6.45) is 0.858. The minimum atomic E-state index is 0.486. The van der Waals surface area contributed by atoms with Crippen LogP contribution in [0.15, 0.2) is 78.9 Å². The highest BCUT2D eigenvalue weighted by Crippen LogP contribution is 2.31. The van der Waals surface area contributed by atoms with Gasteiger partial charge >= 0.3 is 0 Å². The lowest BCUT2D eigenvalue weighted by molar-refractivity contribution is 0.306. The molecule has 0 fully saturated rings. The summed E-state index contributed by atoms with van der Waals surface area (Å²) in [4.78, 5) is 10.7. The maximum absolute atomic E-state index is 6.01. The van der Waals surface area contributed by atoms with Crippen molar-refractivity contribution in [3.63, 3.8) is 0 Å². The monoisotopic (exact) mass is 493 g/mol. The van der Waals surface area contributed by atoms with Gasteiger partial charge in [-0.05, 0) is 33.7 Å². The van der Waals surface area contributed by atoms with E-state index in [1.807, 2.05) is 54.6 Å². The fraction of sp³-hybridized carbons (Fsp3) is 0.148. The molecular formula is C27H23N7OS. The molecule has 6 rings (SSSR count). The number of fused-ring (bicyclic) bond motifs is 1. The lowest BCUT2D eigenvalue weighted by atomic mass is 10.1. The first kappa shape index (κ1) is 22.1. The summed E-state index contributed by atoms with van der Waals surface area (Å²) >= 11 is 1.69. The van der Waals surface area contributed by atoms with Gasteiger partial charge in [0, 0.05) is 17.5 Å². The van der Waals surface area contributed by atoms with Crippen molar-refractivity contribution in [2.24, 2.45) is 0 Å². The molecule has 3 heterocycles. The number of nitrogens with one attached hydrogen (secondary N) is 1. The van der Waals surface area contributed by atoms with Crippen LogP contribution in [0.4, 0.5) is 0 Å². The fourth-order valence-electron chi connectivity index (χ4n) is 4.07. The van der Waals surface area contributed by atoms with E-state index in [0.717, 1.165) is 56.7 Å². The van der Waals surface area contributed by atoms with Gasteiger partial charge in [-0.3, -0.25) is 0 Å². The molecule has 3 aromatic carbocycles. The molecule has 0 aliphatic heterocycles. The van der Waals surface area contributed by atoms with Gasteiger partial charge in [0.15, 0.2) is 11.5 Å². The van der Waals surface area contributed by atoms with Crippen LogP contribution in [0.5, 0.6) is 5.75 Å². The molecule has 1 N–H and O–H groups in total. The number of aryl methyl sites for hydroxylation is 1. The zero-order valence-electron chi connectivity index (χ0n) is 19.6. The van der Waals surface area contributed by atoms with Crippen molar-refractivity contribution in [2.75, 3.05) is 0 Å². The molecule has 0 atom stereocenters. The van der Waals surface area contributed by atoms with E-state index in [-0.39, 0.29) is 0 Å². The zero-order valence-corrected chi connectivity index (χ0v) is 20.4. The molecule has 0 spiro atoms. The van der Waals surface area contributed by atoms with Gasteiger partial charge in [0.05, 0.1) is 6.54 Å². The molecule has 0 amide bonds. The van der Waals surface area contributed by atoms with Crippen LogP contribution in [0.2, 0.25) is 0 Å². The minimum absolute atomic E-state index is 0.486. The Morgan fingerprint density at radius 2 is 1.64 bits per heavy atom. The maximum Gasteiger partial charge on any atom is 0.190 e. The topological polar surface area (TPSA) is 94.4 Å². The first-order valence-electron chi connectivity index (χ1n) is 11.7. The van der Waals surface area contributed by atoms with E-state index in [2.05, 4.69) is 56.4 Å². The summed E-state index contributed by atoms with van der Waals surface area (Å²) in [6, 6.07) is 26.5. The molecule has 3 aromatic heterocycles. The van der Waals surface area contributed by atoms with Gasteiger partial charge in [0.2, 0.25) is 0 Å². The number of H-pyrrole nitrogens is 1. The molecule has 9 heteroatoms. The maximum atomic E-state index is 6.01. The van der Waals surface area contributed by atoms with Crippen molar-refractivity contribution in [1.29, 1.82) is 0 Å². The average Bonchev–Trinajstić information content (AvgIpc) is 3.67. The Morgan fingerprint density at radius 1 is 0.861 bits per heavy atom. The van der Waals surface area contributed by atoms with Crippen LogP contribution in [-0.2, 0) is 19.6 Å². The van der Waals surface area contributed by atoms with Crippen LogP contribution >= 0.6 is 11.3 Å². The van der Waals surface area contributed by atoms with Crippen molar-refractivity contribution in [3.05, 3.63) is 95.8 Å². The highest BCUT2D eigenvalue weighted by atomic mass is 32.1. The van der Waals surface area contributed by atoms with Crippen LogP contribution < -0.4 is 4.74 Å².